The fourth-order valence-electron chi connectivity index (χ4n) is 3.37. The van der Waals surface area contributed by atoms with Gasteiger partial charge in [-0.3, -0.25) is 4.90 Å². The number of hydrogen-bond acceptors (Lipinski definition) is 4. The third-order valence-corrected chi connectivity index (χ3v) is 4.36. The molecule has 0 amide bonds. The van der Waals surface area contributed by atoms with Gasteiger partial charge >= 0.3 is 0 Å². The van der Waals surface area contributed by atoms with Crippen LogP contribution in [0.2, 0.25) is 0 Å². The summed E-state index contributed by atoms with van der Waals surface area (Å²) in [6.45, 7) is 6.18. The van der Waals surface area contributed by atoms with Crippen LogP contribution >= 0.6 is 0 Å². The highest BCUT2D eigenvalue weighted by atomic mass is 19.1. The second-order valence-corrected chi connectivity index (χ2v) is 5.79. The van der Waals surface area contributed by atoms with Crippen molar-refractivity contribution in [3.05, 3.63) is 17.7 Å². The fraction of sp³-hybridized carbons (Fsp3) is 0.667. The minimum Gasteiger partial charge on any atom is -0.368 e. The third-order valence-electron chi connectivity index (χ3n) is 4.36. The molecule has 1 atom stereocenters. The smallest absolute Gasteiger partial charge is 0.168 e. The first-order valence-electron chi connectivity index (χ1n) is 7.78. The lowest BCUT2D eigenvalue weighted by Crippen LogP contribution is -2.37. The molecular formula is C15H22F2N4. The lowest BCUT2D eigenvalue weighted by molar-refractivity contribution is 0.273. The molecule has 0 spiro atoms. The van der Waals surface area contributed by atoms with Crippen LogP contribution < -0.4 is 10.2 Å². The second kappa shape index (κ2) is 6.13. The largest absolute Gasteiger partial charge is 0.368 e. The van der Waals surface area contributed by atoms with Crippen LogP contribution in [-0.2, 0) is 0 Å². The molecule has 0 saturated carbocycles. The van der Waals surface area contributed by atoms with E-state index in [9.17, 15) is 8.78 Å². The molecule has 2 aliphatic heterocycles. The van der Waals surface area contributed by atoms with Crippen molar-refractivity contribution in [2.45, 2.75) is 32.2 Å². The van der Waals surface area contributed by atoms with Crippen LogP contribution in [-0.4, -0.2) is 48.6 Å². The van der Waals surface area contributed by atoms with E-state index in [-0.39, 0.29) is 11.6 Å². The molecule has 0 aromatic carbocycles. The van der Waals surface area contributed by atoms with Gasteiger partial charge in [0.05, 0.1) is 0 Å². The van der Waals surface area contributed by atoms with Crippen molar-refractivity contribution in [3.8, 4) is 0 Å². The molecular weight excluding hydrogens is 274 g/mol. The minimum atomic E-state index is -0.629. The summed E-state index contributed by atoms with van der Waals surface area (Å²) in [5.41, 5.74) is 0. The van der Waals surface area contributed by atoms with Gasteiger partial charge in [0.1, 0.15) is 0 Å². The number of anilines is 2. The Morgan fingerprint density at radius 2 is 2.05 bits per heavy atom. The summed E-state index contributed by atoms with van der Waals surface area (Å²) < 4.78 is 27.8. The van der Waals surface area contributed by atoms with Gasteiger partial charge < -0.3 is 10.2 Å². The monoisotopic (exact) mass is 296 g/mol. The van der Waals surface area contributed by atoms with Gasteiger partial charge in [-0.05, 0) is 32.7 Å². The van der Waals surface area contributed by atoms with Gasteiger partial charge in [0.2, 0.25) is 0 Å². The molecule has 0 radical (unpaired) electrons. The Balaban J connectivity index is 1.86. The number of pyridine rings is 1. The zero-order chi connectivity index (χ0) is 14.8. The molecule has 2 saturated heterocycles. The number of halogens is 2. The highest BCUT2D eigenvalue weighted by Crippen LogP contribution is 2.27. The number of rotatable bonds is 3. The predicted octanol–water partition coefficient (Wildman–Crippen LogP) is 2.47. The number of nitrogens with zero attached hydrogens (tertiary/aromatic N) is 3. The molecule has 6 heteroatoms. The van der Waals surface area contributed by atoms with E-state index in [1.807, 2.05) is 11.8 Å². The lowest BCUT2D eigenvalue weighted by Gasteiger charge is -2.27. The van der Waals surface area contributed by atoms with Gasteiger partial charge in [0.15, 0.2) is 23.3 Å². The van der Waals surface area contributed by atoms with E-state index < -0.39 is 11.6 Å². The summed E-state index contributed by atoms with van der Waals surface area (Å²) in [5, 5.41) is 2.85. The molecule has 1 N–H and O–H groups in total. The van der Waals surface area contributed by atoms with Crippen LogP contribution in [0, 0.1) is 11.6 Å². The van der Waals surface area contributed by atoms with Gasteiger partial charge in [-0.2, -0.15) is 0 Å². The molecule has 3 rings (SSSR count). The fourth-order valence-corrected chi connectivity index (χ4v) is 3.37. The predicted molar refractivity (Wildman–Crippen MR) is 79.7 cm³/mol. The summed E-state index contributed by atoms with van der Waals surface area (Å²) in [6, 6.07) is 1.42. The summed E-state index contributed by atoms with van der Waals surface area (Å²) in [4.78, 5) is 8.64. The van der Waals surface area contributed by atoms with Crippen molar-refractivity contribution in [2.75, 3.05) is 42.9 Å². The average molecular weight is 296 g/mol. The molecule has 0 bridgehead atoms. The molecule has 1 aromatic rings. The Hall–Kier alpha value is -1.43. The van der Waals surface area contributed by atoms with E-state index >= 15 is 0 Å². The van der Waals surface area contributed by atoms with Gasteiger partial charge in [0, 0.05) is 38.3 Å². The van der Waals surface area contributed by atoms with E-state index in [0.29, 0.717) is 12.6 Å². The zero-order valence-corrected chi connectivity index (χ0v) is 12.4. The molecule has 2 aliphatic rings. The molecule has 4 nitrogen and oxygen atoms in total. The quantitative estimate of drug-likeness (QED) is 0.928. The van der Waals surface area contributed by atoms with Crippen molar-refractivity contribution in [1.82, 2.24) is 9.88 Å². The van der Waals surface area contributed by atoms with Crippen LogP contribution in [0.25, 0.3) is 0 Å². The van der Waals surface area contributed by atoms with E-state index in [1.54, 1.807) is 0 Å². The molecule has 1 aromatic heterocycles. The van der Waals surface area contributed by atoms with Crippen molar-refractivity contribution in [2.24, 2.45) is 0 Å². The Bertz CT molecular complexity index is 509. The van der Waals surface area contributed by atoms with Gasteiger partial charge in [-0.1, -0.05) is 0 Å². The van der Waals surface area contributed by atoms with Crippen LogP contribution in [0.15, 0.2) is 6.07 Å². The summed E-state index contributed by atoms with van der Waals surface area (Å²) in [6.07, 6.45) is 3.35. The van der Waals surface area contributed by atoms with E-state index in [1.165, 1.54) is 6.42 Å². The minimum absolute atomic E-state index is 0.140. The van der Waals surface area contributed by atoms with Gasteiger partial charge in [-0.15, -0.1) is 0 Å². The normalized spacial score (nSPS) is 23.0. The van der Waals surface area contributed by atoms with Crippen LogP contribution in [0.1, 0.15) is 26.2 Å². The number of fused-ring (bicyclic) bond motifs is 1. The van der Waals surface area contributed by atoms with E-state index in [2.05, 4.69) is 15.2 Å². The number of hydrogen-bond donors (Lipinski definition) is 1. The summed E-state index contributed by atoms with van der Waals surface area (Å²) in [5.74, 6) is -0.779. The van der Waals surface area contributed by atoms with Gasteiger partial charge in [0.25, 0.3) is 0 Å². The molecule has 116 valence electrons. The van der Waals surface area contributed by atoms with E-state index in [4.69, 9.17) is 0 Å². The first kappa shape index (κ1) is 14.5. The van der Waals surface area contributed by atoms with Crippen molar-refractivity contribution in [1.29, 1.82) is 0 Å². The lowest BCUT2D eigenvalue weighted by atomic mass is 10.2. The SMILES string of the molecule is CCNc1nc(N2CCCN3CCCC3C2)c(F)cc1F. The highest BCUT2D eigenvalue weighted by Gasteiger charge is 2.30. The van der Waals surface area contributed by atoms with Gasteiger partial charge in [-0.25, -0.2) is 13.8 Å². The van der Waals surface area contributed by atoms with Crippen molar-refractivity contribution < 1.29 is 8.78 Å². The maximum atomic E-state index is 14.1. The second-order valence-electron chi connectivity index (χ2n) is 5.79. The van der Waals surface area contributed by atoms with Crippen molar-refractivity contribution in [3.63, 3.8) is 0 Å². The Morgan fingerprint density at radius 3 is 2.86 bits per heavy atom. The third kappa shape index (κ3) is 2.95. The summed E-state index contributed by atoms with van der Waals surface area (Å²) in [7, 11) is 0. The molecule has 0 aliphatic carbocycles. The molecule has 21 heavy (non-hydrogen) atoms. The number of aromatic nitrogens is 1. The molecule has 1 unspecified atom stereocenters. The van der Waals surface area contributed by atoms with Crippen LogP contribution in [0.3, 0.4) is 0 Å². The average Bonchev–Trinajstić information content (AvgIpc) is 2.79. The number of nitrogens with one attached hydrogen (secondary N) is 1. The Morgan fingerprint density at radius 1 is 1.24 bits per heavy atom. The topological polar surface area (TPSA) is 31.4 Å². The maximum absolute atomic E-state index is 14.1. The summed E-state index contributed by atoms with van der Waals surface area (Å²) >= 11 is 0. The van der Waals surface area contributed by atoms with Crippen molar-refractivity contribution >= 4 is 11.6 Å². The Kier molecular flexibility index (Phi) is 4.24. The first-order chi connectivity index (χ1) is 10.2. The van der Waals surface area contributed by atoms with Crippen LogP contribution in [0.5, 0.6) is 0 Å². The molecule has 3 heterocycles. The van der Waals surface area contributed by atoms with E-state index in [0.717, 1.165) is 45.1 Å². The first-order valence-corrected chi connectivity index (χ1v) is 7.78. The zero-order valence-electron chi connectivity index (χ0n) is 12.4. The van der Waals surface area contributed by atoms with Crippen LogP contribution in [0.4, 0.5) is 20.4 Å². The maximum Gasteiger partial charge on any atom is 0.168 e. The molecule has 2 fully saturated rings. The highest BCUT2D eigenvalue weighted by molar-refractivity contribution is 5.49. The standard InChI is InChI=1S/C15H22F2N4/c1-2-18-14-12(16)9-13(17)15(19-14)21-8-4-7-20-6-3-5-11(20)10-21/h9,11H,2-8,10H2,1H3,(H,18,19). The Labute approximate surface area is 124 Å².